The zero-order valence-corrected chi connectivity index (χ0v) is 9.18. The van der Waals surface area contributed by atoms with Gasteiger partial charge < -0.3 is 5.11 Å². The van der Waals surface area contributed by atoms with Crippen molar-refractivity contribution in [2.24, 2.45) is 0 Å². The summed E-state index contributed by atoms with van der Waals surface area (Å²) < 4.78 is 22.9. The summed E-state index contributed by atoms with van der Waals surface area (Å²) in [5.41, 5.74) is 0.678. The van der Waals surface area contributed by atoms with Crippen LogP contribution in [0.25, 0.3) is 0 Å². The predicted octanol–water partition coefficient (Wildman–Crippen LogP) is 1.31. The quantitative estimate of drug-likeness (QED) is 0.896. The molecule has 0 spiro atoms. The van der Waals surface area contributed by atoms with E-state index in [9.17, 15) is 8.42 Å². The van der Waals surface area contributed by atoms with Gasteiger partial charge in [-0.1, -0.05) is 28.1 Å². The topological polar surface area (TPSA) is 54.4 Å². The van der Waals surface area contributed by atoms with Gasteiger partial charge in [0.15, 0.2) is 9.84 Å². The van der Waals surface area contributed by atoms with E-state index in [-0.39, 0.29) is 5.75 Å². The number of sulfone groups is 1. The molecule has 0 atom stereocenters. The van der Waals surface area contributed by atoms with E-state index < -0.39 is 15.8 Å². The maximum Gasteiger partial charge on any atom is 0.178 e. The lowest BCUT2D eigenvalue weighted by Gasteiger charge is -2.00. The molecular formula is C8H9BrO3S. The van der Waals surface area contributed by atoms with E-state index in [1.807, 2.05) is 0 Å². The van der Waals surface area contributed by atoms with Gasteiger partial charge in [0.05, 0.1) is 5.75 Å². The second-order valence-corrected chi connectivity index (χ2v) is 5.59. The summed E-state index contributed by atoms with van der Waals surface area (Å²) in [5.74, 6) is -0.917. The number of hydrogen-bond donors (Lipinski definition) is 1. The molecule has 0 amide bonds. The van der Waals surface area contributed by atoms with Crippen LogP contribution in [-0.2, 0) is 15.6 Å². The van der Waals surface area contributed by atoms with Crippen molar-refractivity contribution in [3.8, 4) is 0 Å². The summed E-state index contributed by atoms with van der Waals surface area (Å²) in [6, 6.07) is 6.94. The summed E-state index contributed by atoms with van der Waals surface area (Å²) in [4.78, 5) is 0. The SMILES string of the molecule is O=S(=O)(CO)Cc1ccc(Br)cc1. The summed E-state index contributed by atoms with van der Waals surface area (Å²) >= 11 is 3.24. The smallest absolute Gasteiger partial charge is 0.178 e. The predicted molar refractivity (Wildman–Crippen MR) is 53.9 cm³/mol. The maximum atomic E-state index is 11.0. The van der Waals surface area contributed by atoms with Gasteiger partial charge in [-0.2, -0.15) is 0 Å². The lowest BCUT2D eigenvalue weighted by Crippen LogP contribution is -2.08. The third-order valence-corrected chi connectivity index (χ3v) is 3.19. The third kappa shape index (κ3) is 3.46. The fraction of sp³-hybridized carbons (Fsp3) is 0.250. The Morgan fingerprint density at radius 3 is 2.23 bits per heavy atom. The van der Waals surface area contributed by atoms with Crippen molar-refractivity contribution in [2.45, 2.75) is 5.75 Å². The second kappa shape index (κ2) is 4.21. The number of benzene rings is 1. The van der Waals surface area contributed by atoms with E-state index in [0.29, 0.717) is 5.56 Å². The van der Waals surface area contributed by atoms with Gasteiger partial charge in [0, 0.05) is 4.47 Å². The van der Waals surface area contributed by atoms with Crippen LogP contribution in [0.1, 0.15) is 5.56 Å². The number of aliphatic hydroxyl groups is 1. The molecule has 1 rings (SSSR count). The zero-order valence-electron chi connectivity index (χ0n) is 6.77. The highest BCUT2D eigenvalue weighted by Gasteiger charge is 2.09. The molecule has 0 radical (unpaired) electrons. The van der Waals surface area contributed by atoms with Gasteiger partial charge in [-0.3, -0.25) is 0 Å². The van der Waals surface area contributed by atoms with Gasteiger partial charge in [-0.05, 0) is 17.7 Å². The zero-order chi connectivity index (χ0) is 9.90. The molecule has 1 aromatic carbocycles. The van der Waals surface area contributed by atoms with Crippen molar-refractivity contribution >= 4 is 25.8 Å². The Morgan fingerprint density at radius 2 is 1.77 bits per heavy atom. The fourth-order valence-corrected chi connectivity index (χ4v) is 1.94. The summed E-state index contributed by atoms with van der Waals surface area (Å²) in [6.07, 6.45) is 0. The van der Waals surface area contributed by atoms with Crippen LogP contribution >= 0.6 is 15.9 Å². The normalized spacial score (nSPS) is 11.5. The Kier molecular flexibility index (Phi) is 3.47. The van der Waals surface area contributed by atoms with E-state index in [4.69, 9.17) is 5.11 Å². The number of hydrogen-bond acceptors (Lipinski definition) is 3. The Morgan fingerprint density at radius 1 is 1.23 bits per heavy atom. The summed E-state index contributed by atoms with van der Waals surface area (Å²) in [5, 5.41) is 8.51. The number of aliphatic hydroxyl groups excluding tert-OH is 1. The van der Waals surface area contributed by atoms with Crippen molar-refractivity contribution in [2.75, 3.05) is 5.94 Å². The van der Waals surface area contributed by atoms with E-state index in [1.165, 1.54) is 0 Å². The van der Waals surface area contributed by atoms with E-state index in [0.717, 1.165) is 4.47 Å². The molecule has 3 nitrogen and oxygen atoms in total. The van der Waals surface area contributed by atoms with Crippen LogP contribution in [0.5, 0.6) is 0 Å². The molecule has 0 aliphatic heterocycles. The van der Waals surface area contributed by atoms with Crippen LogP contribution in [0.2, 0.25) is 0 Å². The van der Waals surface area contributed by atoms with Crippen LogP contribution < -0.4 is 0 Å². The molecule has 1 N–H and O–H groups in total. The molecule has 0 saturated heterocycles. The summed E-state index contributed by atoms with van der Waals surface area (Å²) in [7, 11) is -3.35. The molecule has 0 aliphatic rings. The first kappa shape index (κ1) is 10.7. The first-order valence-electron chi connectivity index (χ1n) is 3.59. The molecule has 13 heavy (non-hydrogen) atoms. The Labute approximate surface area is 85.4 Å². The molecule has 0 aromatic heterocycles. The lowest BCUT2D eigenvalue weighted by molar-refractivity contribution is 0.358. The third-order valence-electron chi connectivity index (χ3n) is 1.50. The first-order valence-corrected chi connectivity index (χ1v) is 6.21. The van der Waals surface area contributed by atoms with Crippen molar-refractivity contribution in [1.82, 2.24) is 0 Å². The molecule has 0 bridgehead atoms. The minimum Gasteiger partial charge on any atom is -0.380 e. The molecular weight excluding hydrogens is 256 g/mol. The van der Waals surface area contributed by atoms with Crippen LogP contribution in [0.15, 0.2) is 28.7 Å². The molecule has 72 valence electrons. The van der Waals surface area contributed by atoms with Crippen molar-refractivity contribution in [3.05, 3.63) is 34.3 Å². The Balaban J connectivity index is 2.82. The molecule has 0 unspecified atom stereocenters. The fourth-order valence-electron chi connectivity index (χ4n) is 0.880. The van der Waals surface area contributed by atoms with Gasteiger partial charge in [0.1, 0.15) is 5.94 Å². The van der Waals surface area contributed by atoms with Gasteiger partial charge in [0.25, 0.3) is 0 Å². The van der Waals surface area contributed by atoms with Gasteiger partial charge in [-0.15, -0.1) is 0 Å². The average Bonchev–Trinajstić information content (AvgIpc) is 2.09. The van der Waals surface area contributed by atoms with E-state index >= 15 is 0 Å². The number of rotatable bonds is 3. The lowest BCUT2D eigenvalue weighted by atomic mass is 10.2. The Bertz CT molecular complexity index is 369. The molecule has 0 fully saturated rings. The van der Waals surface area contributed by atoms with Crippen molar-refractivity contribution < 1.29 is 13.5 Å². The van der Waals surface area contributed by atoms with Crippen LogP contribution in [0.3, 0.4) is 0 Å². The standard InChI is InChI=1S/C8H9BrO3S/c9-8-3-1-7(2-4-8)5-13(11,12)6-10/h1-4,10H,5-6H2. The average molecular weight is 265 g/mol. The highest BCUT2D eigenvalue weighted by molar-refractivity contribution is 9.10. The molecule has 1 aromatic rings. The first-order chi connectivity index (χ1) is 6.03. The summed E-state index contributed by atoms with van der Waals surface area (Å²) in [6.45, 7) is 0. The van der Waals surface area contributed by atoms with Gasteiger partial charge in [-0.25, -0.2) is 8.42 Å². The molecule has 0 heterocycles. The van der Waals surface area contributed by atoms with Crippen LogP contribution in [-0.4, -0.2) is 19.5 Å². The van der Waals surface area contributed by atoms with E-state index in [2.05, 4.69) is 15.9 Å². The highest BCUT2D eigenvalue weighted by Crippen LogP contribution is 2.12. The molecule has 0 saturated carbocycles. The second-order valence-electron chi connectivity index (χ2n) is 2.64. The molecule has 0 aliphatic carbocycles. The van der Waals surface area contributed by atoms with Crippen LogP contribution in [0.4, 0.5) is 0 Å². The van der Waals surface area contributed by atoms with Crippen molar-refractivity contribution in [3.63, 3.8) is 0 Å². The van der Waals surface area contributed by atoms with E-state index in [1.54, 1.807) is 24.3 Å². The maximum absolute atomic E-state index is 11.0. The minimum absolute atomic E-state index is 0.114. The molecule has 5 heteroatoms. The van der Waals surface area contributed by atoms with Crippen LogP contribution in [0, 0.1) is 0 Å². The highest BCUT2D eigenvalue weighted by atomic mass is 79.9. The van der Waals surface area contributed by atoms with Gasteiger partial charge >= 0.3 is 0 Å². The van der Waals surface area contributed by atoms with Gasteiger partial charge in [0.2, 0.25) is 0 Å². The largest absolute Gasteiger partial charge is 0.380 e. The monoisotopic (exact) mass is 264 g/mol. The minimum atomic E-state index is -3.35. The number of halogens is 1. The Hall–Kier alpha value is -0.390. The van der Waals surface area contributed by atoms with Crippen molar-refractivity contribution in [1.29, 1.82) is 0 Å².